The maximum atomic E-state index is 6.59. The molecule has 0 N–H and O–H groups in total. The molecule has 1 atom stereocenters. The Kier molecular flexibility index (Phi) is 3.47. The number of halogens is 1. The van der Waals surface area contributed by atoms with Gasteiger partial charge in [-0.15, -0.1) is 0 Å². The Balaban J connectivity index is 2.25. The maximum absolute atomic E-state index is 6.59. The molecule has 2 saturated heterocycles. The monoisotopic (exact) mass is 263 g/mol. The largest absolute Gasteiger partial charge is 0.350 e. The summed E-state index contributed by atoms with van der Waals surface area (Å²) in [4.78, 5) is 4.83. The standard InChI is InChI=1S/C12H22ClNO3/c1-10(2)8-12(16-6-5-7-17-12)9-11(3,13)14(10)15-4/h5-9H2,1-4H3. The van der Waals surface area contributed by atoms with Crippen LogP contribution in [0.4, 0.5) is 0 Å². The van der Waals surface area contributed by atoms with Crippen molar-refractivity contribution < 1.29 is 14.3 Å². The Morgan fingerprint density at radius 2 is 1.71 bits per heavy atom. The maximum Gasteiger partial charge on any atom is 0.173 e. The van der Waals surface area contributed by atoms with E-state index in [0.717, 1.165) is 26.1 Å². The van der Waals surface area contributed by atoms with Crippen molar-refractivity contribution in [3.8, 4) is 0 Å². The van der Waals surface area contributed by atoms with E-state index in [9.17, 15) is 0 Å². The van der Waals surface area contributed by atoms with Crippen LogP contribution in [0.3, 0.4) is 0 Å². The minimum atomic E-state index is -0.617. The van der Waals surface area contributed by atoms with Gasteiger partial charge in [0, 0.05) is 18.4 Å². The van der Waals surface area contributed by atoms with Crippen molar-refractivity contribution >= 4 is 11.6 Å². The van der Waals surface area contributed by atoms with Gasteiger partial charge in [-0.25, -0.2) is 0 Å². The fourth-order valence-electron chi connectivity index (χ4n) is 3.25. The van der Waals surface area contributed by atoms with Gasteiger partial charge in [-0.3, -0.25) is 0 Å². The van der Waals surface area contributed by atoms with Crippen LogP contribution >= 0.6 is 11.6 Å². The Labute approximate surface area is 108 Å². The lowest BCUT2D eigenvalue weighted by atomic mass is 9.83. The quantitative estimate of drug-likeness (QED) is 0.537. The molecule has 5 heteroatoms. The van der Waals surface area contributed by atoms with Crippen LogP contribution in [0, 0.1) is 0 Å². The topological polar surface area (TPSA) is 30.9 Å². The summed E-state index contributed by atoms with van der Waals surface area (Å²) in [5.74, 6) is -0.548. The minimum absolute atomic E-state index is 0.221. The van der Waals surface area contributed by atoms with Gasteiger partial charge in [0.1, 0.15) is 5.00 Å². The van der Waals surface area contributed by atoms with E-state index in [2.05, 4.69) is 13.8 Å². The van der Waals surface area contributed by atoms with E-state index < -0.39 is 10.8 Å². The molecular formula is C12H22ClNO3. The molecule has 2 aliphatic rings. The molecule has 0 amide bonds. The van der Waals surface area contributed by atoms with E-state index in [1.165, 1.54) is 0 Å². The SMILES string of the molecule is CON1C(C)(C)CC2(CC1(C)Cl)OCCCO2. The minimum Gasteiger partial charge on any atom is -0.350 e. The summed E-state index contributed by atoms with van der Waals surface area (Å²) in [6.07, 6.45) is 2.32. The Morgan fingerprint density at radius 1 is 1.12 bits per heavy atom. The molecule has 0 aromatic rings. The van der Waals surface area contributed by atoms with E-state index in [0.29, 0.717) is 6.42 Å². The first-order valence-corrected chi connectivity index (χ1v) is 6.50. The lowest BCUT2D eigenvalue weighted by molar-refractivity contribution is -0.351. The lowest BCUT2D eigenvalue weighted by Crippen LogP contribution is -2.65. The molecule has 100 valence electrons. The lowest BCUT2D eigenvalue weighted by Gasteiger charge is -2.56. The van der Waals surface area contributed by atoms with E-state index in [-0.39, 0.29) is 5.54 Å². The van der Waals surface area contributed by atoms with Gasteiger partial charge in [0.25, 0.3) is 0 Å². The molecule has 2 fully saturated rings. The van der Waals surface area contributed by atoms with Crippen LogP contribution in [0.15, 0.2) is 0 Å². The fraction of sp³-hybridized carbons (Fsp3) is 1.00. The molecule has 0 bridgehead atoms. The molecule has 2 aliphatic heterocycles. The normalized spacial score (nSPS) is 37.2. The number of rotatable bonds is 1. The Bertz CT molecular complexity index is 267. The highest BCUT2D eigenvalue weighted by atomic mass is 35.5. The molecule has 1 unspecified atom stereocenters. The van der Waals surface area contributed by atoms with Gasteiger partial charge >= 0.3 is 0 Å². The molecule has 0 aliphatic carbocycles. The molecule has 4 nitrogen and oxygen atoms in total. The van der Waals surface area contributed by atoms with Gasteiger partial charge in [0.05, 0.1) is 20.3 Å². The van der Waals surface area contributed by atoms with Crippen LogP contribution in [0.2, 0.25) is 0 Å². The molecule has 1 spiro atoms. The van der Waals surface area contributed by atoms with Crippen molar-refractivity contribution in [1.82, 2.24) is 5.06 Å². The molecule has 17 heavy (non-hydrogen) atoms. The summed E-state index contributed by atoms with van der Waals surface area (Å²) in [5.41, 5.74) is -0.221. The second kappa shape index (κ2) is 4.35. The summed E-state index contributed by atoms with van der Waals surface area (Å²) in [6, 6.07) is 0. The van der Waals surface area contributed by atoms with E-state index in [1.54, 1.807) is 7.11 Å². The number of hydroxylamine groups is 2. The summed E-state index contributed by atoms with van der Waals surface area (Å²) in [7, 11) is 1.66. The first-order chi connectivity index (χ1) is 7.81. The average Bonchev–Trinajstić information content (AvgIpc) is 2.14. The molecule has 0 aromatic carbocycles. The zero-order valence-electron chi connectivity index (χ0n) is 11.1. The van der Waals surface area contributed by atoms with Crippen LogP contribution in [0.1, 0.15) is 40.0 Å². The van der Waals surface area contributed by atoms with Crippen LogP contribution in [0.25, 0.3) is 0 Å². The van der Waals surface area contributed by atoms with Gasteiger partial charge in [0.2, 0.25) is 0 Å². The van der Waals surface area contributed by atoms with Crippen LogP contribution in [0.5, 0.6) is 0 Å². The number of piperidine rings is 1. The predicted molar refractivity (Wildman–Crippen MR) is 65.7 cm³/mol. The third-order valence-electron chi connectivity index (χ3n) is 3.47. The van der Waals surface area contributed by atoms with Crippen molar-refractivity contribution in [3.05, 3.63) is 0 Å². The number of alkyl halides is 1. The van der Waals surface area contributed by atoms with Crippen LogP contribution in [-0.4, -0.2) is 41.7 Å². The molecule has 0 aromatic heterocycles. The van der Waals surface area contributed by atoms with Crippen LogP contribution in [-0.2, 0) is 14.3 Å². The number of nitrogens with zero attached hydrogens (tertiary/aromatic N) is 1. The molecule has 0 radical (unpaired) electrons. The van der Waals surface area contributed by atoms with Crippen molar-refractivity contribution in [3.63, 3.8) is 0 Å². The Morgan fingerprint density at radius 3 is 2.18 bits per heavy atom. The highest BCUT2D eigenvalue weighted by Gasteiger charge is 2.56. The van der Waals surface area contributed by atoms with Gasteiger partial charge in [-0.2, -0.15) is 5.06 Å². The smallest absolute Gasteiger partial charge is 0.173 e. The van der Waals surface area contributed by atoms with Crippen molar-refractivity contribution in [1.29, 1.82) is 0 Å². The summed E-state index contributed by atoms with van der Waals surface area (Å²) < 4.78 is 11.8. The fourth-order valence-corrected chi connectivity index (χ4v) is 3.75. The first-order valence-electron chi connectivity index (χ1n) is 6.13. The van der Waals surface area contributed by atoms with Crippen molar-refractivity contribution in [2.75, 3.05) is 20.3 Å². The Hall–Kier alpha value is 0.130. The molecule has 2 heterocycles. The number of hydrogen-bond acceptors (Lipinski definition) is 4. The third kappa shape index (κ3) is 2.47. The van der Waals surface area contributed by atoms with Gasteiger partial charge < -0.3 is 14.3 Å². The van der Waals surface area contributed by atoms with E-state index in [1.807, 2.05) is 12.0 Å². The predicted octanol–water partition coefficient (Wildman–Crippen LogP) is 2.51. The first kappa shape index (κ1) is 13.6. The summed E-state index contributed by atoms with van der Waals surface area (Å²) >= 11 is 6.59. The molecule has 2 rings (SSSR count). The zero-order valence-corrected chi connectivity index (χ0v) is 11.8. The average molecular weight is 264 g/mol. The third-order valence-corrected chi connectivity index (χ3v) is 3.76. The summed E-state index contributed by atoms with van der Waals surface area (Å²) in [6.45, 7) is 7.63. The second-order valence-electron chi connectivity index (χ2n) is 5.75. The van der Waals surface area contributed by atoms with Crippen molar-refractivity contribution in [2.45, 2.75) is 56.4 Å². The second-order valence-corrected chi connectivity index (χ2v) is 6.56. The molecular weight excluding hydrogens is 242 g/mol. The summed E-state index contributed by atoms with van der Waals surface area (Å²) in [5, 5.41) is 1.84. The zero-order chi connectivity index (χ0) is 12.7. The van der Waals surface area contributed by atoms with E-state index >= 15 is 0 Å². The number of ether oxygens (including phenoxy) is 2. The number of hydrogen-bond donors (Lipinski definition) is 0. The van der Waals surface area contributed by atoms with E-state index in [4.69, 9.17) is 25.9 Å². The van der Waals surface area contributed by atoms with Gasteiger partial charge in [-0.1, -0.05) is 11.6 Å². The van der Waals surface area contributed by atoms with Gasteiger partial charge in [-0.05, 0) is 27.2 Å². The molecule has 0 saturated carbocycles. The highest BCUT2D eigenvalue weighted by Crippen LogP contribution is 2.48. The highest BCUT2D eigenvalue weighted by molar-refractivity contribution is 6.23. The van der Waals surface area contributed by atoms with Crippen molar-refractivity contribution in [2.24, 2.45) is 0 Å². The van der Waals surface area contributed by atoms with Crippen LogP contribution < -0.4 is 0 Å². The van der Waals surface area contributed by atoms with Gasteiger partial charge in [0.15, 0.2) is 5.79 Å².